The molecule has 366 valence electrons. The van der Waals surface area contributed by atoms with Crippen molar-refractivity contribution in [1.82, 2.24) is 9.13 Å². The van der Waals surface area contributed by atoms with E-state index in [9.17, 15) is 11.8 Å². The van der Waals surface area contributed by atoms with Gasteiger partial charge in [-0.1, -0.05) is 158 Å². The van der Waals surface area contributed by atoms with Crippen LogP contribution in [0, 0.1) is 45.6 Å². The second kappa shape index (κ2) is 17.5. The van der Waals surface area contributed by atoms with Crippen LogP contribution in [-0.4, -0.2) is 9.13 Å². The monoisotopic (exact) mass is 1030 g/mol. The largest absolute Gasteiger partial charge is 0.317 e. The molecule has 0 bridgehead atoms. The van der Waals surface area contributed by atoms with Gasteiger partial charge < -0.3 is 9.13 Å². The summed E-state index contributed by atoms with van der Waals surface area (Å²) in [6.45, 7) is 18.5. The summed E-state index contributed by atoms with van der Waals surface area (Å²) in [5.74, 6) is 0. The summed E-state index contributed by atoms with van der Waals surface area (Å²) in [5.41, 5.74) is 18.4. The molecule has 0 amide bonds. The number of benzene rings is 11. The van der Waals surface area contributed by atoms with Gasteiger partial charge in [0.25, 0.3) is 0 Å². The number of hydrogen-bond acceptors (Lipinski definition) is 3. The minimum Gasteiger partial charge on any atom is -0.317 e. The first-order chi connectivity index (χ1) is 38.3. The highest BCUT2D eigenvalue weighted by atomic mass is 32.1. The Morgan fingerprint density at radius 1 is 0.385 bits per heavy atom. The standard InChI is InChI=1S/C72H46N4S2/c1-41-34-57-53-30-32-55-51-26-12-14-28-62(51)77-71(55)68(53)75(60(57)36-43(41)3)67-59(40-73)64(49-24-16-22-47(38-49)45-18-8-6-9-19-45)66(74-5)70(65(67)50-25-17-23-48(39-50)46-20-10-7-11-21-46)76-61-37-44(4)42(2)35-58(61)54-31-33-56-52-27-13-15-29-63(52)78-72(56)69(54)76/h6-39H,1-4H3. The highest BCUT2D eigenvalue weighted by molar-refractivity contribution is 7.27. The predicted molar refractivity (Wildman–Crippen MR) is 333 cm³/mol. The van der Waals surface area contributed by atoms with Crippen LogP contribution in [0.5, 0.6) is 0 Å². The van der Waals surface area contributed by atoms with E-state index in [0.717, 1.165) is 114 Å². The maximum absolute atomic E-state index is 12.5. The van der Waals surface area contributed by atoms with Crippen molar-refractivity contribution in [2.45, 2.75) is 27.7 Å². The van der Waals surface area contributed by atoms with Gasteiger partial charge in [-0.15, -0.1) is 22.7 Å². The van der Waals surface area contributed by atoms with E-state index in [-0.39, 0.29) is 0 Å². The molecule has 0 saturated carbocycles. The topological polar surface area (TPSA) is 38.0 Å². The number of aryl methyl sites for hydroxylation is 4. The molecule has 4 heterocycles. The molecule has 0 aliphatic carbocycles. The lowest BCUT2D eigenvalue weighted by atomic mass is 9.87. The Morgan fingerprint density at radius 3 is 1.28 bits per heavy atom. The Hall–Kier alpha value is -9.56. The van der Waals surface area contributed by atoms with E-state index in [0.29, 0.717) is 16.8 Å². The zero-order valence-electron chi connectivity index (χ0n) is 43.2. The Bertz CT molecular complexity index is 4910. The normalized spacial score (nSPS) is 11.8. The highest BCUT2D eigenvalue weighted by Gasteiger charge is 2.33. The van der Waals surface area contributed by atoms with Crippen LogP contribution in [0.3, 0.4) is 0 Å². The number of hydrogen-bond donors (Lipinski definition) is 0. The number of nitriles is 1. The summed E-state index contributed by atoms with van der Waals surface area (Å²) in [6.07, 6.45) is 0. The van der Waals surface area contributed by atoms with Crippen LogP contribution in [0.1, 0.15) is 27.8 Å². The molecular weight excluding hydrogens is 985 g/mol. The molecule has 0 atom stereocenters. The molecule has 0 spiro atoms. The first kappa shape index (κ1) is 45.8. The summed E-state index contributed by atoms with van der Waals surface area (Å²) in [4.78, 5) is 4.78. The van der Waals surface area contributed by atoms with Gasteiger partial charge in [-0.05, 0) is 132 Å². The van der Waals surface area contributed by atoms with Crippen LogP contribution in [0.2, 0.25) is 0 Å². The van der Waals surface area contributed by atoms with Crippen LogP contribution < -0.4 is 0 Å². The van der Waals surface area contributed by atoms with E-state index >= 15 is 0 Å². The van der Waals surface area contributed by atoms with Crippen molar-refractivity contribution in [2.75, 3.05) is 0 Å². The molecule has 0 N–H and O–H groups in total. The van der Waals surface area contributed by atoms with Crippen molar-refractivity contribution in [1.29, 1.82) is 5.26 Å². The van der Waals surface area contributed by atoms with Crippen LogP contribution >= 0.6 is 22.7 Å². The van der Waals surface area contributed by atoms with Gasteiger partial charge in [0.1, 0.15) is 6.07 Å². The Balaban J connectivity index is 1.25. The molecule has 78 heavy (non-hydrogen) atoms. The molecular formula is C72H46N4S2. The van der Waals surface area contributed by atoms with Gasteiger partial charge >= 0.3 is 0 Å². The fourth-order valence-electron chi connectivity index (χ4n) is 12.4. The minimum absolute atomic E-state index is 0.413. The van der Waals surface area contributed by atoms with Crippen LogP contribution in [0.15, 0.2) is 206 Å². The lowest BCUT2D eigenvalue weighted by molar-refractivity contribution is 1.14. The van der Waals surface area contributed by atoms with Crippen molar-refractivity contribution >= 4 is 112 Å². The maximum atomic E-state index is 12.5. The van der Waals surface area contributed by atoms with Crippen LogP contribution in [0.25, 0.3) is 145 Å². The van der Waals surface area contributed by atoms with Gasteiger partial charge in [-0.25, -0.2) is 4.85 Å². The van der Waals surface area contributed by atoms with Gasteiger partial charge in [0.2, 0.25) is 5.69 Å². The number of fused-ring (bicyclic) bond motifs is 14. The van der Waals surface area contributed by atoms with Gasteiger partial charge in [0.15, 0.2) is 0 Å². The first-order valence-corrected chi connectivity index (χ1v) is 28.0. The van der Waals surface area contributed by atoms with Gasteiger partial charge in [-0.2, -0.15) is 5.26 Å². The fraction of sp³-hybridized carbons (Fsp3) is 0.0556. The summed E-state index contributed by atoms with van der Waals surface area (Å²) >= 11 is 3.61. The molecule has 15 aromatic rings. The van der Waals surface area contributed by atoms with E-state index in [1.807, 2.05) is 6.07 Å². The Kier molecular flexibility index (Phi) is 10.3. The number of nitrogens with zero attached hydrogens (tertiary/aromatic N) is 4. The van der Waals surface area contributed by atoms with E-state index in [4.69, 9.17) is 4.85 Å². The van der Waals surface area contributed by atoms with Gasteiger partial charge in [0, 0.05) is 63.6 Å². The first-order valence-electron chi connectivity index (χ1n) is 26.3. The lowest BCUT2D eigenvalue weighted by Gasteiger charge is -2.26. The van der Waals surface area contributed by atoms with E-state index < -0.39 is 0 Å². The average molecular weight is 1030 g/mol. The van der Waals surface area contributed by atoms with Crippen molar-refractivity contribution in [2.24, 2.45) is 0 Å². The summed E-state index contributed by atoms with van der Waals surface area (Å²) < 4.78 is 9.55. The molecule has 0 fully saturated rings. The van der Waals surface area contributed by atoms with Gasteiger partial charge in [-0.3, -0.25) is 0 Å². The number of aromatic nitrogens is 2. The molecule has 11 aromatic carbocycles. The summed E-state index contributed by atoms with van der Waals surface area (Å²) in [6, 6.07) is 76.9. The highest BCUT2D eigenvalue weighted by Crippen LogP contribution is 2.55. The Morgan fingerprint density at radius 2 is 0.795 bits per heavy atom. The summed E-state index contributed by atoms with van der Waals surface area (Å²) in [5, 5.41) is 21.7. The number of rotatable bonds is 6. The predicted octanol–water partition coefficient (Wildman–Crippen LogP) is 20.9. The molecule has 0 unspecified atom stereocenters. The van der Waals surface area contributed by atoms with Crippen LogP contribution in [0.4, 0.5) is 5.69 Å². The van der Waals surface area contributed by atoms with Crippen molar-refractivity contribution in [3.05, 3.63) is 245 Å². The maximum Gasteiger partial charge on any atom is 0.220 e. The minimum atomic E-state index is 0.413. The van der Waals surface area contributed by atoms with Crippen LogP contribution in [-0.2, 0) is 0 Å². The quantitative estimate of drug-likeness (QED) is 0.153. The molecule has 4 nitrogen and oxygen atoms in total. The number of thiophene rings is 2. The zero-order valence-corrected chi connectivity index (χ0v) is 44.9. The van der Waals surface area contributed by atoms with Crippen molar-refractivity contribution < 1.29 is 0 Å². The summed E-state index contributed by atoms with van der Waals surface area (Å²) in [7, 11) is 0. The fourth-order valence-corrected chi connectivity index (χ4v) is 14.9. The van der Waals surface area contributed by atoms with Crippen molar-refractivity contribution in [3.63, 3.8) is 0 Å². The van der Waals surface area contributed by atoms with Crippen molar-refractivity contribution in [3.8, 4) is 62.0 Å². The third kappa shape index (κ3) is 6.68. The van der Waals surface area contributed by atoms with E-state index in [1.165, 1.54) is 42.1 Å². The SMILES string of the molecule is [C-]#[N+]c1c(-c2cccc(-c3ccccc3)c2)c(C#N)c(-n2c3cc(C)c(C)cc3c3ccc4c5ccccc5sc4c32)c(-c2cccc(-c3ccccc3)c2)c1-n1c2cc(C)c(C)cc2c2ccc3c4ccccc4sc3c21. The van der Waals surface area contributed by atoms with Gasteiger partial charge in [0.05, 0.1) is 55.0 Å². The zero-order chi connectivity index (χ0) is 52.5. The third-order valence-electron chi connectivity index (χ3n) is 16.4. The second-order valence-corrected chi connectivity index (χ2v) is 22.8. The smallest absolute Gasteiger partial charge is 0.220 e. The molecule has 0 saturated heterocycles. The molecule has 6 heteroatoms. The Labute approximate surface area is 459 Å². The lowest BCUT2D eigenvalue weighted by Crippen LogP contribution is -2.09. The molecule has 4 aromatic heterocycles. The average Bonchev–Trinajstić information content (AvgIpc) is 4.08. The third-order valence-corrected chi connectivity index (χ3v) is 18.8. The molecule has 0 aliphatic rings. The van der Waals surface area contributed by atoms with E-state index in [2.05, 4.69) is 243 Å². The molecule has 0 aliphatic heterocycles. The second-order valence-electron chi connectivity index (χ2n) is 20.7. The van der Waals surface area contributed by atoms with E-state index in [1.54, 1.807) is 22.7 Å². The molecule has 0 radical (unpaired) electrons. The molecule has 15 rings (SSSR count).